The fourth-order valence-electron chi connectivity index (χ4n) is 1.27. The van der Waals surface area contributed by atoms with E-state index in [-0.39, 0.29) is 5.75 Å². The molecule has 18 heavy (non-hydrogen) atoms. The molecular formula is C11H15NO4S2. The largest absolute Gasteiger partial charge is 0.478 e. The first kappa shape index (κ1) is 14.9. The lowest BCUT2D eigenvalue weighted by Gasteiger charge is -2.14. The zero-order valence-corrected chi connectivity index (χ0v) is 11.8. The van der Waals surface area contributed by atoms with Gasteiger partial charge in [0.2, 0.25) is 10.0 Å². The fraction of sp³-hybridized carbons (Fsp3) is 0.364. The minimum atomic E-state index is -3.18. The second-order valence-corrected chi connectivity index (χ2v) is 7.03. The third kappa shape index (κ3) is 4.25. The molecule has 0 aliphatic heterocycles. The van der Waals surface area contributed by atoms with E-state index in [1.165, 1.54) is 28.8 Å². The number of carboxylic acids is 1. The first-order valence-electron chi connectivity index (χ1n) is 5.27. The minimum Gasteiger partial charge on any atom is -0.478 e. The van der Waals surface area contributed by atoms with Crippen LogP contribution in [0.5, 0.6) is 0 Å². The lowest BCUT2D eigenvalue weighted by Crippen LogP contribution is -2.27. The summed E-state index contributed by atoms with van der Waals surface area (Å²) in [5.74, 6) is -0.936. The van der Waals surface area contributed by atoms with E-state index in [9.17, 15) is 13.2 Å². The van der Waals surface area contributed by atoms with Gasteiger partial charge in [-0.1, -0.05) is 0 Å². The zero-order chi connectivity index (χ0) is 13.8. The first-order chi connectivity index (χ1) is 8.35. The van der Waals surface area contributed by atoms with Crippen LogP contribution in [0.25, 0.3) is 6.08 Å². The van der Waals surface area contributed by atoms with Gasteiger partial charge in [0.25, 0.3) is 0 Å². The minimum absolute atomic E-state index is 0.0701. The van der Waals surface area contributed by atoms with Crippen LogP contribution in [0.15, 0.2) is 17.5 Å². The highest BCUT2D eigenvalue weighted by Crippen LogP contribution is 2.18. The number of rotatable bonds is 6. The van der Waals surface area contributed by atoms with E-state index < -0.39 is 16.0 Å². The molecule has 1 aromatic heterocycles. The topological polar surface area (TPSA) is 74.7 Å². The Bertz CT molecular complexity index is 545. The van der Waals surface area contributed by atoms with Crippen LogP contribution in [0.4, 0.5) is 0 Å². The Morgan fingerprint density at radius 3 is 2.78 bits per heavy atom. The number of thiophene rings is 1. The standard InChI is InChI=1S/C11H15NO4S2/c1-3-18(15,16)12(2)7-10-6-9(8-17-10)4-5-11(13)14/h4-6,8H,3,7H2,1-2H3,(H,13,14)/b5-4+. The molecule has 0 aromatic carbocycles. The first-order valence-corrected chi connectivity index (χ1v) is 7.76. The Hall–Kier alpha value is -1.18. The lowest BCUT2D eigenvalue weighted by atomic mass is 10.3. The van der Waals surface area contributed by atoms with Crippen LogP contribution < -0.4 is 0 Å². The maximum Gasteiger partial charge on any atom is 0.328 e. The highest BCUT2D eigenvalue weighted by Gasteiger charge is 2.15. The Labute approximate surface area is 110 Å². The van der Waals surface area contributed by atoms with Crippen LogP contribution >= 0.6 is 11.3 Å². The molecule has 0 fully saturated rings. The van der Waals surface area contributed by atoms with Crippen LogP contribution in [0, 0.1) is 0 Å². The van der Waals surface area contributed by atoms with Crippen molar-refractivity contribution in [2.75, 3.05) is 12.8 Å². The predicted molar refractivity (Wildman–Crippen MR) is 71.9 cm³/mol. The Morgan fingerprint density at radius 1 is 1.56 bits per heavy atom. The summed E-state index contributed by atoms with van der Waals surface area (Å²) in [6.45, 7) is 1.91. The monoisotopic (exact) mass is 289 g/mol. The van der Waals surface area contributed by atoms with E-state index in [1.807, 2.05) is 0 Å². The fourth-order valence-corrected chi connectivity index (χ4v) is 3.04. The van der Waals surface area contributed by atoms with Gasteiger partial charge in [-0.2, -0.15) is 4.31 Å². The van der Waals surface area contributed by atoms with Crippen LogP contribution in [0.1, 0.15) is 17.4 Å². The molecule has 0 unspecified atom stereocenters. The number of carbonyl (C=O) groups is 1. The molecule has 0 saturated heterocycles. The molecule has 0 aliphatic carbocycles. The van der Waals surface area contributed by atoms with Gasteiger partial charge in [-0.15, -0.1) is 11.3 Å². The second kappa shape index (κ2) is 6.12. The summed E-state index contributed by atoms with van der Waals surface area (Å²) in [5.41, 5.74) is 0.764. The van der Waals surface area contributed by atoms with E-state index in [4.69, 9.17) is 5.11 Å². The highest BCUT2D eigenvalue weighted by atomic mass is 32.2. The van der Waals surface area contributed by atoms with Gasteiger partial charge in [-0.05, 0) is 30.0 Å². The number of aliphatic carboxylic acids is 1. The van der Waals surface area contributed by atoms with Crippen molar-refractivity contribution < 1.29 is 18.3 Å². The number of hydrogen-bond donors (Lipinski definition) is 1. The van der Waals surface area contributed by atoms with E-state index in [1.54, 1.807) is 18.4 Å². The maximum atomic E-state index is 11.6. The summed E-state index contributed by atoms with van der Waals surface area (Å²) < 4.78 is 24.4. The molecule has 0 saturated carbocycles. The van der Waals surface area contributed by atoms with Crippen LogP contribution in [0.3, 0.4) is 0 Å². The maximum absolute atomic E-state index is 11.6. The van der Waals surface area contributed by atoms with Gasteiger partial charge in [-0.25, -0.2) is 13.2 Å². The molecule has 0 atom stereocenters. The van der Waals surface area contributed by atoms with Crippen molar-refractivity contribution in [3.63, 3.8) is 0 Å². The predicted octanol–water partition coefficient (Wildman–Crippen LogP) is 1.63. The molecule has 0 amide bonds. The van der Waals surface area contributed by atoms with Crippen molar-refractivity contribution in [2.45, 2.75) is 13.5 Å². The third-order valence-electron chi connectivity index (χ3n) is 2.31. The van der Waals surface area contributed by atoms with Crippen LogP contribution in [-0.2, 0) is 21.4 Å². The summed E-state index contributed by atoms with van der Waals surface area (Å²) in [6, 6.07) is 1.78. The van der Waals surface area contributed by atoms with Crippen molar-refractivity contribution in [3.8, 4) is 0 Å². The SMILES string of the molecule is CCS(=O)(=O)N(C)Cc1cc(/C=C/C(=O)O)cs1. The number of hydrogen-bond acceptors (Lipinski definition) is 4. The molecule has 0 spiro atoms. The summed E-state index contributed by atoms with van der Waals surface area (Å²) in [7, 11) is -1.65. The quantitative estimate of drug-likeness (QED) is 0.808. The summed E-state index contributed by atoms with van der Waals surface area (Å²) in [5, 5.41) is 10.3. The molecule has 1 N–H and O–H groups in total. The normalized spacial score (nSPS) is 12.4. The molecule has 1 rings (SSSR count). The van der Waals surface area contributed by atoms with Crippen molar-refractivity contribution in [2.24, 2.45) is 0 Å². The van der Waals surface area contributed by atoms with Gasteiger partial charge in [0.15, 0.2) is 0 Å². The summed E-state index contributed by atoms with van der Waals surface area (Å²) in [4.78, 5) is 11.2. The van der Waals surface area contributed by atoms with Gasteiger partial charge in [0, 0.05) is 24.5 Å². The average Bonchev–Trinajstić information content (AvgIpc) is 2.74. The van der Waals surface area contributed by atoms with Crippen molar-refractivity contribution in [1.82, 2.24) is 4.31 Å². The summed E-state index contributed by atoms with van der Waals surface area (Å²) in [6.07, 6.45) is 2.54. The molecule has 5 nitrogen and oxygen atoms in total. The number of sulfonamides is 1. The molecule has 7 heteroatoms. The van der Waals surface area contributed by atoms with E-state index >= 15 is 0 Å². The van der Waals surface area contributed by atoms with E-state index in [0.717, 1.165) is 16.5 Å². The molecule has 1 aromatic rings. The average molecular weight is 289 g/mol. The van der Waals surface area contributed by atoms with Crippen molar-refractivity contribution in [1.29, 1.82) is 0 Å². The van der Waals surface area contributed by atoms with Crippen LogP contribution in [0.2, 0.25) is 0 Å². The summed E-state index contributed by atoms with van der Waals surface area (Å²) >= 11 is 1.41. The third-order valence-corrected chi connectivity index (χ3v) is 5.06. The molecule has 0 radical (unpaired) electrons. The molecule has 0 bridgehead atoms. The van der Waals surface area contributed by atoms with Gasteiger partial charge < -0.3 is 5.11 Å². The molecule has 0 aliphatic rings. The second-order valence-electron chi connectivity index (χ2n) is 3.67. The molecule has 1 heterocycles. The molecule has 100 valence electrons. The number of carboxylic acid groups (broad SMARTS) is 1. The Kier molecular flexibility index (Phi) is 5.06. The van der Waals surface area contributed by atoms with E-state index in [2.05, 4.69) is 0 Å². The smallest absolute Gasteiger partial charge is 0.328 e. The van der Waals surface area contributed by atoms with Crippen molar-refractivity contribution in [3.05, 3.63) is 28.0 Å². The zero-order valence-electron chi connectivity index (χ0n) is 10.2. The Balaban J connectivity index is 2.73. The van der Waals surface area contributed by atoms with Crippen molar-refractivity contribution >= 4 is 33.4 Å². The number of nitrogens with zero attached hydrogens (tertiary/aromatic N) is 1. The van der Waals surface area contributed by atoms with E-state index in [0.29, 0.717) is 6.54 Å². The van der Waals surface area contributed by atoms with Crippen LogP contribution in [-0.4, -0.2) is 36.6 Å². The van der Waals surface area contributed by atoms with Gasteiger partial charge in [0.05, 0.1) is 5.75 Å². The highest BCUT2D eigenvalue weighted by molar-refractivity contribution is 7.89. The lowest BCUT2D eigenvalue weighted by molar-refractivity contribution is -0.131. The Morgan fingerprint density at radius 2 is 2.22 bits per heavy atom. The van der Waals surface area contributed by atoms with Gasteiger partial charge in [-0.3, -0.25) is 0 Å². The molecular weight excluding hydrogens is 274 g/mol. The van der Waals surface area contributed by atoms with Gasteiger partial charge >= 0.3 is 5.97 Å². The van der Waals surface area contributed by atoms with Gasteiger partial charge in [0.1, 0.15) is 0 Å².